The molecule has 4 saturated heterocycles. The lowest BCUT2D eigenvalue weighted by Crippen LogP contribution is -2.39. The molecule has 18 atom stereocenters. The lowest BCUT2D eigenvalue weighted by Gasteiger charge is -2.26. The number of anilines is 3. The second-order valence-electron chi connectivity index (χ2n) is 20.1. The quantitative estimate of drug-likeness (QED) is 0.0630. The minimum atomic E-state index is -4.25. The van der Waals surface area contributed by atoms with Gasteiger partial charge < -0.3 is 83.6 Å². The van der Waals surface area contributed by atoms with Crippen molar-refractivity contribution in [2.24, 2.45) is 0 Å². The molecule has 8 heterocycles. The monoisotopic (exact) mass is 1310 g/mol. The van der Waals surface area contributed by atoms with Crippen molar-refractivity contribution in [2.45, 2.75) is 159 Å². The van der Waals surface area contributed by atoms with Gasteiger partial charge in [-0.25, -0.2) is 23.7 Å². The van der Waals surface area contributed by atoms with Gasteiger partial charge in [-0.2, -0.15) is 15.0 Å². The number of methoxy groups -OCH3 is 7. The third-order valence-corrected chi connectivity index (χ3v) is 17.4. The van der Waals surface area contributed by atoms with Crippen LogP contribution in [0.2, 0.25) is 0 Å². The molecule has 0 saturated carbocycles. The van der Waals surface area contributed by atoms with Crippen LogP contribution in [0.25, 0.3) is 0 Å². The molecule has 0 radical (unpaired) electrons. The highest BCUT2D eigenvalue weighted by Gasteiger charge is 2.51. The molecule has 4 aliphatic heterocycles. The summed E-state index contributed by atoms with van der Waals surface area (Å²) >= 11 is 4.92. The van der Waals surface area contributed by atoms with Crippen LogP contribution in [0, 0.1) is 20.8 Å². The van der Waals surface area contributed by atoms with Gasteiger partial charge in [-0.3, -0.25) is 41.6 Å². The first-order valence-electron chi connectivity index (χ1n) is 27.4. The average Bonchev–Trinajstić information content (AvgIpc) is 4.42. The largest absolute Gasteiger partial charge is 0.472 e. The topological polar surface area (TPSA) is 434 Å². The molecule has 4 fully saturated rings. The highest BCUT2D eigenvalue weighted by Crippen LogP contribution is 2.50. The number of hydrogen-bond acceptors (Lipinski definition) is 28. The zero-order valence-electron chi connectivity index (χ0n) is 51.6. The molecule has 0 bridgehead atoms. The maximum absolute atomic E-state index is 12.2. The number of aryl methyl sites for hydroxylation is 3. The van der Waals surface area contributed by atoms with Crippen molar-refractivity contribution < 1.29 is 84.6 Å². The van der Waals surface area contributed by atoms with Crippen molar-refractivity contribution in [1.29, 1.82) is 0 Å². The zero-order chi connectivity index (χ0) is 65.7. The van der Waals surface area contributed by atoms with E-state index in [-0.39, 0.29) is 41.9 Å². The fourth-order valence-electron chi connectivity index (χ4n) is 10.1. The van der Waals surface area contributed by atoms with Crippen LogP contribution in [-0.4, -0.2) is 192 Å². The first-order valence-corrected chi connectivity index (χ1v) is 31.5. The van der Waals surface area contributed by atoms with Gasteiger partial charge in [0.2, 0.25) is 0 Å². The SMILES string of the molecule is CC[C@H]1O[C@@H](n2cc(C)c(N)nc2=O)[C@@H](OC)C1OP(=O)(O)OC.CC[C@H]1O[C@@H](n2cc(C)c(N)nc2=O)[C@@H](OC)C1OP(O)(=S)OC.CC[C@H]1O[C@@H](n2ccc(=O)[nH]c2=O)[C@@H](OC)C1OC.COC[C@H]1O[C@@H](n2cc(C)c(N)nc2=O)[C@@H](OC)C1OC. The molecular formula is C51H83N11O23P2S. The molecule has 88 heavy (non-hydrogen) atoms. The van der Waals surface area contributed by atoms with Crippen molar-refractivity contribution in [2.75, 3.05) is 87.8 Å². The fraction of sp³-hybridized carbons (Fsp3) is 0.686. The molecule has 4 aromatic heterocycles. The molecule has 4 aromatic rings. The Hall–Kier alpha value is -5.08. The van der Waals surface area contributed by atoms with Gasteiger partial charge >= 0.3 is 37.3 Å². The van der Waals surface area contributed by atoms with Crippen molar-refractivity contribution in [3.63, 3.8) is 0 Å². The summed E-state index contributed by atoms with van der Waals surface area (Å²) in [6, 6.07) is 1.28. The standard InChI is InChI=1S/C13H22N3O7P.C13H22N3O6PS.C13H21N3O5.C12H18N2O5/c1-5-8-9(23-24(18,19)21-4)10(20-3)12(22-8)16-6-7(2)11(14)15-13(16)17;1-5-8-9(22-23(18,24)20-4)10(19-3)12(21-8)16-6-7(2)11(14)15-13(16)17;1-7-5-16(13(17)15-11(7)14)12-10(20-4)9(19-3)8(21-12)6-18-2;1-4-7-9(17-2)10(18-3)11(19-7)14-6-5-8(15)13-12(14)16/h6,8-10,12H,5H2,1-4H3,(H,18,19)(H2,14,15,17);6,8-10,12H,5H2,1-4H3,(H,18,24)(H2,14,15,17);5,8-10,12H,6H2,1-4H3,(H2,14,15,17);5-7,9-11H,4H2,1-3H3,(H,13,15,16)/t8-,9?,10+,12-;8-,9?,10+,12-,23?;8-,9?,10+,12-;7-,9?,10+,11-/m1111/s1. The maximum atomic E-state index is 12.2. The van der Waals surface area contributed by atoms with Gasteiger partial charge in [-0.05, 0) is 51.8 Å². The minimum Gasteiger partial charge on any atom is -0.383 e. The molecule has 6 unspecified atom stereocenters. The summed E-state index contributed by atoms with van der Waals surface area (Å²) in [6.45, 7) is 7.81. The van der Waals surface area contributed by atoms with E-state index in [1.807, 2.05) is 20.8 Å². The molecule has 0 amide bonds. The smallest absolute Gasteiger partial charge is 0.383 e. The number of nitrogens with two attached hydrogens (primary N) is 3. The molecule has 0 spiro atoms. The lowest BCUT2D eigenvalue weighted by atomic mass is 10.1. The van der Waals surface area contributed by atoms with E-state index in [4.69, 9.17) is 94.7 Å². The van der Waals surface area contributed by atoms with E-state index >= 15 is 0 Å². The van der Waals surface area contributed by atoms with Crippen LogP contribution in [0.5, 0.6) is 0 Å². The van der Waals surface area contributed by atoms with Gasteiger partial charge in [0, 0.05) is 112 Å². The zero-order valence-corrected chi connectivity index (χ0v) is 54.2. The van der Waals surface area contributed by atoms with Crippen LogP contribution in [0.15, 0.2) is 54.8 Å². The number of ether oxygens (including phenoxy) is 11. The van der Waals surface area contributed by atoms with E-state index in [1.165, 1.54) is 58.1 Å². The first kappa shape index (κ1) is 73.7. The summed E-state index contributed by atoms with van der Waals surface area (Å²) < 4.78 is 98.1. The molecule has 34 nitrogen and oxygen atoms in total. The number of aromatic amines is 1. The molecule has 4 aliphatic rings. The predicted octanol–water partition coefficient (Wildman–Crippen LogP) is 0.875. The van der Waals surface area contributed by atoms with Gasteiger partial charge in [0.15, 0.2) is 24.9 Å². The van der Waals surface area contributed by atoms with E-state index in [9.17, 15) is 38.3 Å². The van der Waals surface area contributed by atoms with E-state index in [2.05, 4.69) is 24.5 Å². The predicted molar refractivity (Wildman–Crippen MR) is 318 cm³/mol. The number of rotatable bonds is 21. The second kappa shape index (κ2) is 32.8. The number of phosphoric acid groups is 1. The van der Waals surface area contributed by atoms with Crippen molar-refractivity contribution >= 4 is 43.8 Å². The molecule has 0 aromatic carbocycles. The molecule has 0 aliphatic carbocycles. The van der Waals surface area contributed by atoms with Crippen LogP contribution < -0.4 is 45.5 Å². The Kier molecular flexibility index (Phi) is 27.4. The van der Waals surface area contributed by atoms with E-state index in [1.54, 1.807) is 68.7 Å². The molecule has 37 heteroatoms. The summed E-state index contributed by atoms with van der Waals surface area (Å²) in [5.41, 5.74) is 16.2. The van der Waals surface area contributed by atoms with Crippen LogP contribution >= 0.6 is 14.5 Å². The van der Waals surface area contributed by atoms with Gasteiger partial charge in [0.05, 0.1) is 24.9 Å². The van der Waals surface area contributed by atoms with Crippen LogP contribution in [0.1, 0.15) is 81.6 Å². The summed E-state index contributed by atoms with van der Waals surface area (Å²) in [5, 5.41) is 0. The maximum Gasteiger partial charge on any atom is 0.472 e. The van der Waals surface area contributed by atoms with Crippen molar-refractivity contribution in [3.05, 3.63) is 99.8 Å². The average molecular weight is 1310 g/mol. The van der Waals surface area contributed by atoms with Gasteiger partial charge in [0.25, 0.3) is 5.56 Å². The lowest BCUT2D eigenvalue weighted by molar-refractivity contribution is -0.0672. The Morgan fingerprint density at radius 2 is 0.852 bits per heavy atom. The van der Waals surface area contributed by atoms with Gasteiger partial charge in [0.1, 0.15) is 72.4 Å². The Bertz CT molecular complexity index is 3220. The molecule has 496 valence electrons. The van der Waals surface area contributed by atoms with Crippen LogP contribution in [0.4, 0.5) is 17.5 Å². The van der Waals surface area contributed by atoms with Crippen LogP contribution in [0.3, 0.4) is 0 Å². The highest BCUT2D eigenvalue weighted by molar-refractivity contribution is 8.07. The Morgan fingerprint density at radius 1 is 0.523 bits per heavy atom. The molecule has 9 N–H and O–H groups in total. The normalized spacial score (nSPS) is 29.6. The number of hydrogen-bond donors (Lipinski definition) is 6. The number of aromatic nitrogens is 8. The van der Waals surface area contributed by atoms with Crippen molar-refractivity contribution in [1.82, 2.24) is 38.2 Å². The summed E-state index contributed by atoms with van der Waals surface area (Å²) in [4.78, 5) is 92.4. The number of nitrogen functional groups attached to an aromatic ring is 3. The van der Waals surface area contributed by atoms with Gasteiger partial charge in [-0.1, -0.05) is 20.8 Å². The fourth-order valence-corrected chi connectivity index (χ4v) is 11.7. The van der Waals surface area contributed by atoms with Crippen molar-refractivity contribution in [3.8, 4) is 0 Å². The minimum absolute atomic E-state index is 0.127. The van der Waals surface area contributed by atoms with Crippen LogP contribution in [-0.2, 0) is 86.6 Å². The third kappa shape index (κ3) is 17.3. The first-order chi connectivity index (χ1) is 41.6. The number of H-pyrrole nitrogens is 1. The summed E-state index contributed by atoms with van der Waals surface area (Å²) in [6.07, 6.45) is -1.05. The summed E-state index contributed by atoms with van der Waals surface area (Å²) in [5.74, 6) is 0.496. The Balaban J connectivity index is 0.000000215. The summed E-state index contributed by atoms with van der Waals surface area (Å²) in [7, 11) is 8.76. The number of nitrogens with one attached hydrogen (secondary N) is 1. The number of nitrogens with zero attached hydrogens (tertiary/aromatic N) is 7. The Morgan fingerprint density at radius 3 is 1.18 bits per heavy atom. The van der Waals surface area contributed by atoms with E-state index in [0.29, 0.717) is 36.1 Å². The Labute approximate surface area is 511 Å². The number of phosphoric ester groups is 1. The highest BCUT2D eigenvalue weighted by atomic mass is 32.5. The second-order valence-corrected chi connectivity index (χ2v) is 24.5. The third-order valence-electron chi connectivity index (χ3n) is 14.8. The molecular weight excluding hydrogens is 1230 g/mol. The molecule has 8 rings (SSSR count). The van der Waals surface area contributed by atoms with E-state index < -0.39 is 117 Å². The van der Waals surface area contributed by atoms with E-state index in [0.717, 1.165) is 13.5 Å². The van der Waals surface area contributed by atoms with Gasteiger partial charge in [-0.15, -0.1) is 0 Å².